The van der Waals surface area contributed by atoms with Crippen molar-refractivity contribution < 1.29 is 4.79 Å². The van der Waals surface area contributed by atoms with E-state index in [0.717, 1.165) is 44.5 Å². The largest absolute Gasteiger partial charge is 0.338 e. The van der Waals surface area contributed by atoms with Crippen LogP contribution in [0.15, 0.2) is 12.1 Å². The van der Waals surface area contributed by atoms with Crippen molar-refractivity contribution in [2.24, 2.45) is 5.92 Å². The zero-order chi connectivity index (χ0) is 14.1. The molecule has 21 heavy (non-hydrogen) atoms. The Kier molecular flexibility index (Phi) is 5.78. The first-order valence-corrected chi connectivity index (χ1v) is 7.87. The maximum absolute atomic E-state index is 12.6. The Morgan fingerprint density at radius 2 is 1.95 bits per heavy atom. The topological polar surface area (TPSA) is 32.3 Å². The lowest BCUT2D eigenvalue weighted by Gasteiger charge is -2.33. The number of hydrogen-bond donors (Lipinski definition) is 1. The summed E-state index contributed by atoms with van der Waals surface area (Å²) in [5, 5.41) is 4.65. The van der Waals surface area contributed by atoms with Gasteiger partial charge in [0.2, 0.25) is 5.91 Å². The molecule has 3 rings (SSSR count). The average Bonchev–Trinajstić information content (AvgIpc) is 2.47. The van der Waals surface area contributed by atoms with Gasteiger partial charge in [-0.2, -0.15) is 0 Å². The van der Waals surface area contributed by atoms with Crippen LogP contribution in [0.5, 0.6) is 0 Å². The molecule has 1 N–H and O–H groups in total. The van der Waals surface area contributed by atoms with E-state index in [1.54, 1.807) is 6.07 Å². The maximum atomic E-state index is 12.6. The SMILES string of the molecule is Cl.O=C(C1CCNCC1)N1CCc2cc(Cl)cc(Cl)c2C1. The van der Waals surface area contributed by atoms with Crippen molar-refractivity contribution in [1.82, 2.24) is 10.2 Å². The molecule has 2 aliphatic rings. The van der Waals surface area contributed by atoms with E-state index in [4.69, 9.17) is 23.2 Å². The second-order valence-electron chi connectivity index (χ2n) is 5.56. The number of nitrogens with zero attached hydrogens (tertiary/aromatic N) is 1. The first-order chi connectivity index (χ1) is 9.65. The maximum Gasteiger partial charge on any atom is 0.226 e. The number of fused-ring (bicyclic) bond motifs is 1. The van der Waals surface area contributed by atoms with Crippen molar-refractivity contribution in [1.29, 1.82) is 0 Å². The Balaban J connectivity index is 0.00000161. The molecular weight excluding hydrogens is 331 g/mol. The second kappa shape index (κ2) is 7.19. The summed E-state index contributed by atoms with van der Waals surface area (Å²) in [5.41, 5.74) is 2.24. The van der Waals surface area contributed by atoms with Crippen LogP contribution in [0.3, 0.4) is 0 Å². The van der Waals surface area contributed by atoms with Gasteiger partial charge in [-0.05, 0) is 55.6 Å². The van der Waals surface area contributed by atoms with E-state index < -0.39 is 0 Å². The molecule has 0 aromatic heterocycles. The van der Waals surface area contributed by atoms with E-state index in [1.807, 2.05) is 11.0 Å². The quantitative estimate of drug-likeness (QED) is 0.843. The summed E-state index contributed by atoms with van der Waals surface area (Å²) in [6, 6.07) is 3.73. The van der Waals surface area contributed by atoms with Gasteiger partial charge in [0, 0.05) is 29.1 Å². The van der Waals surface area contributed by atoms with Crippen LogP contribution in [0.4, 0.5) is 0 Å². The van der Waals surface area contributed by atoms with Crippen LogP contribution >= 0.6 is 35.6 Å². The molecule has 0 atom stereocenters. The Labute approximate surface area is 141 Å². The Bertz CT molecular complexity index is 530. The molecule has 1 fully saturated rings. The van der Waals surface area contributed by atoms with Crippen LogP contribution < -0.4 is 5.32 Å². The summed E-state index contributed by atoms with van der Waals surface area (Å²) >= 11 is 12.3. The van der Waals surface area contributed by atoms with E-state index >= 15 is 0 Å². The molecule has 1 saturated heterocycles. The zero-order valence-electron chi connectivity index (χ0n) is 11.7. The fourth-order valence-electron chi connectivity index (χ4n) is 3.10. The fraction of sp³-hybridized carbons (Fsp3) is 0.533. The minimum absolute atomic E-state index is 0. The first-order valence-electron chi connectivity index (χ1n) is 7.11. The van der Waals surface area contributed by atoms with E-state index in [2.05, 4.69) is 5.32 Å². The highest BCUT2D eigenvalue weighted by Crippen LogP contribution is 2.31. The molecule has 116 valence electrons. The van der Waals surface area contributed by atoms with Crippen LogP contribution in [-0.2, 0) is 17.8 Å². The lowest BCUT2D eigenvalue weighted by molar-refractivity contribution is -0.137. The lowest BCUT2D eigenvalue weighted by Crippen LogP contribution is -2.43. The second-order valence-corrected chi connectivity index (χ2v) is 6.40. The molecule has 6 heteroatoms. The number of amides is 1. The summed E-state index contributed by atoms with van der Waals surface area (Å²) < 4.78 is 0. The lowest BCUT2D eigenvalue weighted by atomic mass is 9.94. The molecule has 0 spiro atoms. The van der Waals surface area contributed by atoms with E-state index in [1.165, 1.54) is 5.56 Å². The predicted molar refractivity (Wildman–Crippen MR) is 88.4 cm³/mol. The number of rotatable bonds is 1. The molecule has 2 heterocycles. The number of nitrogens with one attached hydrogen (secondary N) is 1. The molecule has 3 nitrogen and oxygen atoms in total. The molecule has 0 saturated carbocycles. The predicted octanol–water partition coefficient (Wildman–Crippen LogP) is 3.30. The van der Waals surface area contributed by atoms with Crippen LogP contribution in [0.1, 0.15) is 24.0 Å². The van der Waals surface area contributed by atoms with Crippen molar-refractivity contribution in [2.45, 2.75) is 25.8 Å². The molecule has 2 aliphatic heterocycles. The number of halogens is 3. The van der Waals surface area contributed by atoms with Crippen LogP contribution in [0.25, 0.3) is 0 Å². The van der Waals surface area contributed by atoms with E-state index in [-0.39, 0.29) is 24.2 Å². The smallest absolute Gasteiger partial charge is 0.226 e. The van der Waals surface area contributed by atoms with Gasteiger partial charge in [0.1, 0.15) is 0 Å². The molecule has 0 unspecified atom stereocenters. The summed E-state index contributed by atoms with van der Waals surface area (Å²) in [5.74, 6) is 0.451. The summed E-state index contributed by atoms with van der Waals surface area (Å²) in [7, 11) is 0. The van der Waals surface area contributed by atoms with Crippen LogP contribution in [0, 0.1) is 5.92 Å². The average molecular weight is 350 g/mol. The Morgan fingerprint density at radius 3 is 2.67 bits per heavy atom. The van der Waals surface area contributed by atoms with Gasteiger partial charge in [0.15, 0.2) is 0 Å². The van der Waals surface area contributed by atoms with Gasteiger partial charge in [-0.25, -0.2) is 0 Å². The van der Waals surface area contributed by atoms with Gasteiger partial charge < -0.3 is 10.2 Å². The highest BCUT2D eigenvalue weighted by Gasteiger charge is 2.29. The standard InChI is InChI=1S/C15H18Cl2N2O.ClH/c16-12-7-11-3-6-19(9-13(11)14(17)8-12)15(20)10-1-4-18-5-2-10;/h7-8,10,18H,1-6,9H2;1H. The minimum Gasteiger partial charge on any atom is -0.338 e. The van der Waals surface area contributed by atoms with Gasteiger partial charge >= 0.3 is 0 Å². The van der Waals surface area contributed by atoms with Gasteiger partial charge in [0.05, 0.1) is 0 Å². The Hall–Kier alpha value is -0.480. The third-order valence-corrected chi connectivity index (χ3v) is 4.81. The van der Waals surface area contributed by atoms with Gasteiger partial charge in [-0.15, -0.1) is 12.4 Å². The van der Waals surface area contributed by atoms with Crippen molar-refractivity contribution >= 4 is 41.5 Å². The normalized spacial score (nSPS) is 18.9. The zero-order valence-corrected chi connectivity index (χ0v) is 14.0. The van der Waals surface area contributed by atoms with E-state index in [9.17, 15) is 4.79 Å². The van der Waals surface area contributed by atoms with Gasteiger partial charge in [-0.3, -0.25) is 4.79 Å². The molecular formula is C15H19Cl3N2O. The van der Waals surface area contributed by atoms with Crippen molar-refractivity contribution in [3.05, 3.63) is 33.3 Å². The summed E-state index contributed by atoms with van der Waals surface area (Å²) in [6.07, 6.45) is 2.72. The third-order valence-electron chi connectivity index (χ3n) is 4.25. The third kappa shape index (κ3) is 3.65. The first kappa shape index (κ1) is 16.9. The van der Waals surface area contributed by atoms with E-state index in [0.29, 0.717) is 16.6 Å². The number of carbonyl (C=O) groups is 1. The molecule has 1 aromatic rings. The molecule has 0 radical (unpaired) electrons. The van der Waals surface area contributed by atoms with Gasteiger partial charge in [0.25, 0.3) is 0 Å². The van der Waals surface area contributed by atoms with Crippen LogP contribution in [0.2, 0.25) is 10.0 Å². The van der Waals surface area contributed by atoms with Crippen LogP contribution in [-0.4, -0.2) is 30.4 Å². The highest BCUT2D eigenvalue weighted by molar-refractivity contribution is 6.35. The number of hydrogen-bond acceptors (Lipinski definition) is 2. The molecule has 0 aliphatic carbocycles. The molecule has 0 bridgehead atoms. The summed E-state index contributed by atoms with van der Waals surface area (Å²) in [4.78, 5) is 14.5. The summed E-state index contributed by atoms with van der Waals surface area (Å²) in [6.45, 7) is 3.27. The van der Waals surface area contributed by atoms with Crippen molar-refractivity contribution in [3.63, 3.8) is 0 Å². The van der Waals surface area contributed by atoms with Crippen molar-refractivity contribution in [3.8, 4) is 0 Å². The molecule has 1 aromatic carbocycles. The number of piperidine rings is 1. The fourth-order valence-corrected chi connectivity index (χ4v) is 3.69. The van der Waals surface area contributed by atoms with Crippen molar-refractivity contribution in [2.75, 3.05) is 19.6 Å². The molecule has 1 amide bonds. The number of benzene rings is 1. The minimum atomic E-state index is 0. The Morgan fingerprint density at radius 1 is 1.24 bits per heavy atom. The van der Waals surface area contributed by atoms with Gasteiger partial charge in [-0.1, -0.05) is 23.2 Å². The number of carbonyl (C=O) groups excluding carboxylic acids is 1. The monoisotopic (exact) mass is 348 g/mol. The highest BCUT2D eigenvalue weighted by atomic mass is 35.5.